The van der Waals surface area contributed by atoms with E-state index in [4.69, 9.17) is 0 Å². The van der Waals surface area contributed by atoms with Crippen LogP contribution in [0.5, 0.6) is 0 Å². The molecule has 0 bridgehead atoms. The van der Waals surface area contributed by atoms with Crippen molar-refractivity contribution in [1.29, 1.82) is 0 Å². The molecular weight excluding hydrogens is 398 g/mol. The molecule has 0 saturated carbocycles. The van der Waals surface area contributed by atoms with Crippen molar-refractivity contribution in [2.45, 2.75) is 12.3 Å². The molecule has 0 fully saturated rings. The number of para-hydroxylation sites is 2. The van der Waals surface area contributed by atoms with Gasteiger partial charge in [0.1, 0.15) is 0 Å². The molecular formula is C32H23N. The van der Waals surface area contributed by atoms with Crippen LogP contribution >= 0.6 is 0 Å². The molecule has 1 aliphatic carbocycles. The zero-order valence-electron chi connectivity index (χ0n) is 18.5. The van der Waals surface area contributed by atoms with Gasteiger partial charge in [-0.1, -0.05) is 91.0 Å². The number of hydrogen-bond donors (Lipinski definition) is 0. The SMILES string of the molecule is CC1(c2ccccc2)c2ccccc2-c2cc3c(cc21)c1ccccc1n3-c1ccccc1. The van der Waals surface area contributed by atoms with E-state index >= 15 is 0 Å². The summed E-state index contributed by atoms with van der Waals surface area (Å²) in [4.78, 5) is 0. The van der Waals surface area contributed by atoms with Crippen LogP contribution in [-0.4, -0.2) is 4.57 Å². The van der Waals surface area contributed by atoms with Crippen LogP contribution in [0.1, 0.15) is 23.6 Å². The number of aromatic nitrogens is 1. The molecule has 1 aromatic heterocycles. The highest BCUT2D eigenvalue weighted by molar-refractivity contribution is 6.11. The summed E-state index contributed by atoms with van der Waals surface area (Å²) >= 11 is 0. The van der Waals surface area contributed by atoms with Crippen LogP contribution in [-0.2, 0) is 5.41 Å². The predicted molar refractivity (Wildman–Crippen MR) is 138 cm³/mol. The molecule has 156 valence electrons. The summed E-state index contributed by atoms with van der Waals surface area (Å²) in [5.41, 5.74) is 10.3. The Balaban J connectivity index is 1.64. The summed E-state index contributed by atoms with van der Waals surface area (Å²) in [6, 6.07) is 44.2. The van der Waals surface area contributed by atoms with Gasteiger partial charge in [-0.15, -0.1) is 0 Å². The van der Waals surface area contributed by atoms with Crippen molar-refractivity contribution in [2.24, 2.45) is 0 Å². The fourth-order valence-corrected chi connectivity index (χ4v) is 5.89. The molecule has 33 heavy (non-hydrogen) atoms. The highest BCUT2D eigenvalue weighted by Gasteiger charge is 2.41. The fraction of sp³-hybridized carbons (Fsp3) is 0.0625. The maximum atomic E-state index is 2.46. The average molecular weight is 422 g/mol. The molecule has 1 unspecified atom stereocenters. The summed E-state index contributed by atoms with van der Waals surface area (Å²) in [6.07, 6.45) is 0. The molecule has 0 radical (unpaired) electrons. The second-order valence-electron chi connectivity index (χ2n) is 9.14. The summed E-state index contributed by atoms with van der Waals surface area (Å²) in [7, 11) is 0. The number of fused-ring (bicyclic) bond motifs is 6. The van der Waals surface area contributed by atoms with Crippen LogP contribution in [0.2, 0.25) is 0 Å². The first-order chi connectivity index (χ1) is 16.3. The van der Waals surface area contributed by atoms with Crippen LogP contribution in [0.25, 0.3) is 38.6 Å². The number of nitrogens with zero attached hydrogens (tertiary/aromatic N) is 1. The highest BCUT2D eigenvalue weighted by Crippen LogP contribution is 2.54. The molecule has 1 heterocycles. The van der Waals surface area contributed by atoms with Gasteiger partial charge in [-0.2, -0.15) is 0 Å². The third-order valence-electron chi connectivity index (χ3n) is 7.47. The average Bonchev–Trinajstić information content (AvgIpc) is 3.34. The zero-order valence-corrected chi connectivity index (χ0v) is 18.5. The second kappa shape index (κ2) is 6.70. The van der Waals surface area contributed by atoms with Gasteiger partial charge in [0.2, 0.25) is 0 Å². The standard InChI is InChI=1S/C32H23N/c1-32(22-12-4-2-5-13-22)28-18-10-8-16-24(28)26-21-31-27(20-29(26)32)25-17-9-11-19-30(25)33(31)23-14-6-3-7-15-23/h2-21H,1H3. The van der Waals surface area contributed by atoms with Crippen LogP contribution in [0.15, 0.2) is 121 Å². The summed E-state index contributed by atoms with van der Waals surface area (Å²) in [6.45, 7) is 2.38. The van der Waals surface area contributed by atoms with Gasteiger partial charge in [-0.3, -0.25) is 0 Å². The molecule has 1 atom stereocenters. The lowest BCUT2D eigenvalue weighted by Crippen LogP contribution is -2.22. The molecule has 1 heteroatoms. The third-order valence-corrected chi connectivity index (χ3v) is 7.47. The highest BCUT2D eigenvalue weighted by atomic mass is 15.0. The molecule has 0 amide bonds. The summed E-state index contributed by atoms with van der Waals surface area (Å²) < 4.78 is 2.41. The topological polar surface area (TPSA) is 4.93 Å². The van der Waals surface area contributed by atoms with E-state index in [9.17, 15) is 0 Å². The number of hydrogen-bond acceptors (Lipinski definition) is 0. The second-order valence-corrected chi connectivity index (χ2v) is 9.14. The lowest BCUT2D eigenvalue weighted by Gasteiger charge is -2.28. The van der Waals surface area contributed by atoms with E-state index in [1.807, 2.05) is 0 Å². The van der Waals surface area contributed by atoms with E-state index in [-0.39, 0.29) is 5.41 Å². The third kappa shape index (κ3) is 2.42. The quantitative estimate of drug-likeness (QED) is 0.266. The maximum absolute atomic E-state index is 2.46. The Kier molecular flexibility index (Phi) is 3.75. The van der Waals surface area contributed by atoms with Crippen molar-refractivity contribution in [2.75, 3.05) is 0 Å². The minimum absolute atomic E-state index is 0.183. The van der Waals surface area contributed by atoms with Gasteiger partial charge in [0, 0.05) is 21.9 Å². The normalized spacial score (nSPS) is 16.8. The van der Waals surface area contributed by atoms with Gasteiger partial charge in [-0.05, 0) is 65.1 Å². The van der Waals surface area contributed by atoms with E-state index in [1.54, 1.807) is 0 Å². The molecule has 1 nitrogen and oxygen atoms in total. The van der Waals surface area contributed by atoms with Crippen molar-refractivity contribution in [3.63, 3.8) is 0 Å². The van der Waals surface area contributed by atoms with Gasteiger partial charge in [0.15, 0.2) is 0 Å². The van der Waals surface area contributed by atoms with Gasteiger partial charge in [0.05, 0.1) is 11.0 Å². The van der Waals surface area contributed by atoms with Crippen molar-refractivity contribution < 1.29 is 0 Å². The first kappa shape index (κ1) is 18.5. The molecule has 5 aromatic carbocycles. The lowest BCUT2D eigenvalue weighted by atomic mass is 9.74. The van der Waals surface area contributed by atoms with Gasteiger partial charge in [0.25, 0.3) is 0 Å². The molecule has 0 saturated heterocycles. The van der Waals surface area contributed by atoms with E-state index < -0.39 is 0 Å². The van der Waals surface area contributed by atoms with Crippen LogP contribution in [0.3, 0.4) is 0 Å². The fourth-order valence-electron chi connectivity index (χ4n) is 5.89. The Labute approximate surface area is 193 Å². The molecule has 0 N–H and O–H groups in total. The molecule has 6 aromatic rings. The minimum Gasteiger partial charge on any atom is -0.309 e. The first-order valence-electron chi connectivity index (χ1n) is 11.6. The van der Waals surface area contributed by atoms with E-state index in [0.717, 1.165) is 0 Å². The lowest BCUT2D eigenvalue weighted by molar-refractivity contribution is 0.715. The zero-order chi connectivity index (χ0) is 22.0. The van der Waals surface area contributed by atoms with Crippen molar-refractivity contribution >= 4 is 21.8 Å². The Morgan fingerprint density at radius 1 is 0.515 bits per heavy atom. The molecule has 7 rings (SSSR count). The summed E-state index contributed by atoms with van der Waals surface area (Å²) in [5.74, 6) is 0. The largest absolute Gasteiger partial charge is 0.309 e. The first-order valence-corrected chi connectivity index (χ1v) is 11.6. The smallest absolute Gasteiger partial charge is 0.0547 e. The van der Waals surface area contributed by atoms with Crippen LogP contribution in [0, 0.1) is 0 Å². The van der Waals surface area contributed by atoms with Crippen LogP contribution < -0.4 is 0 Å². The summed E-state index contributed by atoms with van der Waals surface area (Å²) in [5, 5.41) is 2.61. The number of rotatable bonds is 2. The minimum atomic E-state index is -0.183. The molecule has 0 aliphatic heterocycles. The van der Waals surface area contributed by atoms with Gasteiger partial charge < -0.3 is 4.57 Å². The Morgan fingerprint density at radius 3 is 2.00 bits per heavy atom. The Morgan fingerprint density at radius 2 is 1.18 bits per heavy atom. The maximum Gasteiger partial charge on any atom is 0.0547 e. The van der Waals surface area contributed by atoms with E-state index in [2.05, 4.69) is 133 Å². The van der Waals surface area contributed by atoms with Crippen molar-refractivity contribution in [3.8, 4) is 16.8 Å². The Hall–Kier alpha value is -4.10. The number of benzene rings is 5. The van der Waals surface area contributed by atoms with Crippen LogP contribution in [0.4, 0.5) is 0 Å². The Bertz CT molecular complexity index is 1660. The van der Waals surface area contributed by atoms with E-state index in [0.29, 0.717) is 0 Å². The van der Waals surface area contributed by atoms with Gasteiger partial charge in [-0.25, -0.2) is 0 Å². The van der Waals surface area contributed by atoms with Crippen molar-refractivity contribution in [1.82, 2.24) is 4.57 Å². The molecule has 1 aliphatic rings. The molecule has 0 spiro atoms. The van der Waals surface area contributed by atoms with E-state index in [1.165, 1.54) is 55.3 Å². The van der Waals surface area contributed by atoms with Gasteiger partial charge >= 0.3 is 0 Å². The predicted octanol–water partition coefficient (Wildman–Crippen LogP) is 8.12. The van der Waals surface area contributed by atoms with Crippen molar-refractivity contribution in [3.05, 3.63) is 138 Å². The monoisotopic (exact) mass is 421 g/mol.